The Kier molecular flexibility index (Phi) is 5.86. The van der Waals surface area contributed by atoms with Crippen LogP contribution >= 0.6 is 15.9 Å². The van der Waals surface area contributed by atoms with E-state index < -0.39 is 0 Å². The number of carbonyl (C=O) groups is 1. The summed E-state index contributed by atoms with van der Waals surface area (Å²) in [7, 11) is 1.63. The van der Waals surface area contributed by atoms with Gasteiger partial charge in [0.25, 0.3) is 0 Å². The van der Waals surface area contributed by atoms with Crippen LogP contribution in [0, 0.1) is 0 Å². The Morgan fingerprint density at radius 2 is 1.84 bits per heavy atom. The zero-order valence-corrected chi connectivity index (χ0v) is 15.6. The maximum Gasteiger partial charge on any atom is 0.316 e. The van der Waals surface area contributed by atoms with Crippen molar-refractivity contribution in [1.82, 2.24) is 14.9 Å². The molecule has 0 N–H and O–H groups in total. The van der Waals surface area contributed by atoms with Crippen molar-refractivity contribution in [3.05, 3.63) is 46.7 Å². The lowest BCUT2D eigenvalue weighted by Gasteiger charge is -2.31. The van der Waals surface area contributed by atoms with Crippen molar-refractivity contribution in [3.8, 4) is 11.8 Å². The van der Waals surface area contributed by atoms with E-state index in [-0.39, 0.29) is 12.0 Å². The van der Waals surface area contributed by atoms with Crippen molar-refractivity contribution < 1.29 is 14.3 Å². The summed E-state index contributed by atoms with van der Waals surface area (Å²) in [5, 5.41) is 0. The molecule has 7 heteroatoms. The molecule has 1 aliphatic rings. The molecule has 1 fully saturated rings. The van der Waals surface area contributed by atoms with E-state index >= 15 is 0 Å². The summed E-state index contributed by atoms with van der Waals surface area (Å²) < 4.78 is 11.7. The maximum atomic E-state index is 12.4. The molecule has 1 aromatic heterocycles. The van der Waals surface area contributed by atoms with Gasteiger partial charge in [-0.25, -0.2) is 9.97 Å². The number of methoxy groups -OCH3 is 1. The van der Waals surface area contributed by atoms with Crippen LogP contribution in [0.15, 0.2) is 41.1 Å². The molecule has 1 aromatic carbocycles. The molecule has 0 saturated carbocycles. The molecule has 1 aliphatic heterocycles. The number of likely N-dealkylation sites (tertiary alicyclic amines) is 1. The van der Waals surface area contributed by atoms with Gasteiger partial charge in [0.1, 0.15) is 11.9 Å². The molecule has 1 amide bonds. The normalized spacial score (nSPS) is 15.0. The van der Waals surface area contributed by atoms with Gasteiger partial charge in [-0.2, -0.15) is 0 Å². The molecule has 132 valence electrons. The number of aromatic nitrogens is 2. The third kappa shape index (κ3) is 4.92. The molecule has 6 nitrogen and oxygen atoms in total. The first-order valence-corrected chi connectivity index (χ1v) is 8.98. The van der Waals surface area contributed by atoms with Gasteiger partial charge in [-0.1, -0.05) is 12.1 Å². The molecule has 0 aliphatic carbocycles. The lowest BCUT2D eigenvalue weighted by atomic mass is 10.1. The number of halogens is 1. The van der Waals surface area contributed by atoms with Crippen molar-refractivity contribution in [2.75, 3.05) is 20.2 Å². The van der Waals surface area contributed by atoms with Gasteiger partial charge in [-0.3, -0.25) is 4.79 Å². The minimum Gasteiger partial charge on any atom is -0.497 e. The number of ether oxygens (including phenoxy) is 2. The fourth-order valence-electron chi connectivity index (χ4n) is 2.76. The van der Waals surface area contributed by atoms with E-state index in [0.717, 1.165) is 28.6 Å². The number of carbonyl (C=O) groups excluding carboxylic acids is 1. The summed E-state index contributed by atoms with van der Waals surface area (Å²) >= 11 is 3.30. The highest BCUT2D eigenvalue weighted by Gasteiger charge is 2.24. The first kappa shape index (κ1) is 17.7. The Morgan fingerprint density at radius 1 is 1.20 bits per heavy atom. The highest BCUT2D eigenvalue weighted by Crippen LogP contribution is 2.18. The zero-order chi connectivity index (χ0) is 17.6. The van der Waals surface area contributed by atoms with Gasteiger partial charge in [0.15, 0.2) is 0 Å². The van der Waals surface area contributed by atoms with Gasteiger partial charge in [0, 0.05) is 38.3 Å². The van der Waals surface area contributed by atoms with Crippen LogP contribution in [0.1, 0.15) is 18.4 Å². The SMILES string of the molecule is COc1ccc(CC(=O)N2CCC(Oc3ncc(Br)cn3)CC2)cc1. The van der Waals surface area contributed by atoms with E-state index in [9.17, 15) is 4.79 Å². The Hall–Kier alpha value is -2.15. The monoisotopic (exact) mass is 405 g/mol. The lowest BCUT2D eigenvalue weighted by Crippen LogP contribution is -2.42. The molecule has 0 atom stereocenters. The molecule has 0 bridgehead atoms. The quantitative estimate of drug-likeness (QED) is 0.764. The van der Waals surface area contributed by atoms with E-state index in [2.05, 4.69) is 25.9 Å². The van der Waals surface area contributed by atoms with E-state index in [1.165, 1.54) is 0 Å². The Bertz CT molecular complexity index is 699. The molecule has 3 rings (SSSR count). The molecule has 2 heterocycles. The van der Waals surface area contributed by atoms with Gasteiger partial charge in [0.05, 0.1) is 18.0 Å². The second-order valence-electron chi connectivity index (χ2n) is 5.91. The smallest absolute Gasteiger partial charge is 0.316 e. The van der Waals surface area contributed by atoms with Crippen LogP contribution in [-0.4, -0.2) is 47.1 Å². The van der Waals surface area contributed by atoms with Gasteiger partial charge in [-0.05, 0) is 33.6 Å². The predicted octanol–water partition coefficient (Wildman–Crippen LogP) is 2.86. The number of hydrogen-bond donors (Lipinski definition) is 0. The van der Waals surface area contributed by atoms with Gasteiger partial charge >= 0.3 is 6.01 Å². The molecular formula is C18H20BrN3O3. The molecule has 2 aromatic rings. The van der Waals surface area contributed by atoms with E-state index in [4.69, 9.17) is 9.47 Å². The summed E-state index contributed by atoms with van der Waals surface area (Å²) in [6.07, 6.45) is 5.35. The van der Waals surface area contributed by atoms with Crippen LogP contribution in [0.3, 0.4) is 0 Å². The fourth-order valence-corrected chi connectivity index (χ4v) is 2.97. The number of amides is 1. The minimum atomic E-state index is 0.0474. The van der Waals surface area contributed by atoms with Crippen LogP contribution in [-0.2, 0) is 11.2 Å². The average molecular weight is 406 g/mol. The largest absolute Gasteiger partial charge is 0.497 e. The first-order chi connectivity index (χ1) is 12.1. The van der Waals surface area contributed by atoms with Gasteiger partial charge in [-0.15, -0.1) is 0 Å². The number of piperidine rings is 1. The molecule has 0 spiro atoms. The summed E-state index contributed by atoms with van der Waals surface area (Å²) in [5.41, 5.74) is 0.993. The van der Waals surface area contributed by atoms with Crippen LogP contribution in [0.4, 0.5) is 0 Å². The summed E-state index contributed by atoms with van der Waals surface area (Å²) in [6, 6.07) is 7.99. The molecular weight excluding hydrogens is 386 g/mol. The van der Waals surface area contributed by atoms with E-state index in [1.54, 1.807) is 19.5 Å². The maximum absolute atomic E-state index is 12.4. The van der Waals surface area contributed by atoms with Crippen molar-refractivity contribution in [2.45, 2.75) is 25.4 Å². The third-order valence-electron chi connectivity index (χ3n) is 4.18. The van der Waals surface area contributed by atoms with Crippen LogP contribution in [0.2, 0.25) is 0 Å². The Balaban J connectivity index is 1.47. The van der Waals surface area contributed by atoms with Crippen LogP contribution in [0.5, 0.6) is 11.8 Å². The first-order valence-electron chi connectivity index (χ1n) is 8.19. The number of nitrogens with zero attached hydrogens (tertiary/aromatic N) is 3. The van der Waals surface area contributed by atoms with Gasteiger partial charge < -0.3 is 14.4 Å². The van der Waals surface area contributed by atoms with E-state index in [0.29, 0.717) is 25.5 Å². The van der Waals surface area contributed by atoms with Crippen LogP contribution < -0.4 is 9.47 Å². The van der Waals surface area contributed by atoms with E-state index in [1.807, 2.05) is 29.2 Å². The zero-order valence-electron chi connectivity index (χ0n) is 14.0. The topological polar surface area (TPSA) is 64.5 Å². The summed E-state index contributed by atoms with van der Waals surface area (Å²) in [4.78, 5) is 22.6. The fraction of sp³-hybridized carbons (Fsp3) is 0.389. The highest BCUT2D eigenvalue weighted by atomic mass is 79.9. The molecule has 0 unspecified atom stereocenters. The Morgan fingerprint density at radius 3 is 2.44 bits per heavy atom. The highest BCUT2D eigenvalue weighted by molar-refractivity contribution is 9.10. The average Bonchev–Trinajstić information content (AvgIpc) is 2.65. The second-order valence-corrected chi connectivity index (χ2v) is 6.82. The lowest BCUT2D eigenvalue weighted by molar-refractivity contribution is -0.132. The van der Waals surface area contributed by atoms with Gasteiger partial charge in [0.2, 0.25) is 5.91 Å². The molecule has 25 heavy (non-hydrogen) atoms. The predicted molar refractivity (Wildman–Crippen MR) is 96.7 cm³/mol. The summed E-state index contributed by atoms with van der Waals surface area (Å²) in [6.45, 7) is 1.38. The second kappa shape index (κ2) is 8.29. The van der Waals surface area contributed by atoms with Crippen molar-refractivity contribution in [2.24, 2.45) is 0 Å². The Labute approximate surface area is 155 Å². The molecule has 1 saturated heterocycles. The van der Waals surface area contributed by atoms with Crippen LogP contribution in [0.25, 0.3) is 0 Å². The molecule has 0 radical (unpaired) electrons. The third-order valence-corrected chi connectivity index (χ3v) is 4.59. The standard InChI is InChI=1S/C18H20BrN3O3/c1-24-15-4-2-13(3-5-15)10-17(23)22-8-6-16(7-9-22)25-18-20-11-14(19)12-21-18/h2-5,11-12,16H,6-10H2,1H3. The number of rotatable bonds is 5. The summed E-state index contributed by atoms with van der Waals surface area (Å²) in [5.74, 6) is 0.938. The van der Waals surface area contributed by atoms with Crippen molar-refractivity contribution in [3.63, 3.8) is 0 Å². The number of benzene rings is 1. The minimum absolute atomic E-state index is 0.0474. The number of hydrogen-bond acceptors (Lipinski definition) is 5. The van der Waals surface area contributed by atoms with Crippen molar-refractivity contribution >= 4 is 21.8 Å². The van der Waals surface area contributed by atoms with Crippen molar-refractivity contribution in [1.29, 1.82) is 0 Å².